The van der Waals surface area contributed by atoms with Crippen LogP contribution in [0.4, 0.5) is 0 Å². The Kier molecular flexibility index (Phi) is 1.41. The summed E-state index contributed by atoms with van der Waals surface area (Å²) in [4.78, 5) is 11.3. The van der Waals surface area contributed by atoms with Crippen molar-refractivity contribution in [2.45, 2.75) is 19.3 Å². The Hall–Kier alpha value is -0.180. The number of amides is 1. The number of carbonyl (C=O) groups is 1. The van der Waals surface area contributed by atoms with Gasteiger partial charge in [-0.3, -0.25) is 4.79 Å². The molecule has 1 N–H and O–H groups in total. The zero-order chi connectivity index (χ0) is 7.03. The maximum absolute atomic E-state index is 11.3. The summed E-state index contributed by atoms with van der Waals surface area (Å²) in [6, 6.07) is 0. The molecule has 1 amide bonds. The Morgan fingerprint density at radius 2 is 2.30 bits per heavy atom. The van der Waals surface area contributed by atoms with Gasteiger partial charge in [-0.15, -0.1) is 11.8 Å². The quantitative estimate of drug-likeness (QED) is 0.568. The van der Waals surface area contributed by atoms with Gasteiger partial charge in [0.25, 0.3) is 0 Å². The molecular formula is C7H11NOS. The lowest BCUT2D eigenvalue weighted by Crippen LogP contribution is -2.50. The van der Waals surface area contributed by atoms with E-state index in [0.29, 0.717) is 5.91 Å². The molecule has 0 aromatic carbocycles. The van der Waals surface area contributed by atoms with E-state index in [0.717, 1.165) is 24.5 Å². The third kappa shape index (κ3) is 0.764. The maximum Gasteiger partial charge on any atom is 0.227 e. The molecule has 1 aliphatic carbocycles. The molecule has 0 atom stereocenters. The monoisotopic (exact) mass is 157 g/mol. The highest BCUT2D eigenvalue weighted by atomic mass is 32.2. The molecule has 2 nitrogen and oxygen atoms in total. The standard InChI is InChI=1S/C7H11NOS/c9-6-7(2-1-3-7)4-10-5-8-6/h1-5H2,(H,8,9). The van der Waals surface area contributed by atoms with E-state index in [9.17, 15) is 4.79 Å². The third-order valence-electron chi connectivity index (χ3n) is 2.51. The second-order valence-corrected chi connectivity index (χ2v) is 4.12. The SMILES string of the molecule is O=C1NCSCC12CCC2. The second-order valence-electron chi connectivity index (χ2n) is 3.13. The molecule has 10 heavy (non-hydrogen) atoms. The minimum Gasteiger partial charge on any atom is -0.347 e. The van der Waals surface area contributed by atoms with E-state index in [1.165, 1.54) is 6.42 Å². The molecule has 3 heteroatoms. The van der Waals surface area contributed by atoms with Gasteiger partial charge in [0.05, 0.1) is 11.3 Å². The summed E-state index contributed by atoms with van der Waals surface area (Å²) in [6.07, 6.45) is 3.48. The number of hydrogen-bond donors (Lipinski definition) is 1. The van der Waals surface area contributed by atoms with E-state index < -0.39 is 0 Å². The molecule has 1 aliphatic heterocycles. The van der Waals surface area contributed by atoms with Crippen LogP contribution in [0.25, 0.3) is 0 Å². The van der Waals surface area contributed by atoms with Crippen LogP contribution >= 0.6 is 11.8 Å². The number of rotatable bonds is 0. The van der Waals surface area contributed by atoms with Gasteiger partial charge in [-0.05, 0) is 12.8 Å². The van der Waals surface area contributed by atoms with Gasteiger partial charge in [-0.25, -0.2) is 0 Å². The molecule has 1 spiro atoms. The second kappa shape index (κ2) is 2.16. The third-order valence-corrected chi connectivity index (χ3v) is 3.61. The van der Waals surface area contributed by atoms with Crippen molar-refractivity contribution in [1.29, 1.82) is 0 Å². The van der Waals surface area contributed by atoms with Crippen molar-refractivity contribution in [2.24, 2.45) is 5.41 Å². The largest absolute Gasteiger partial charge is 0.347 e. The first-order chi connectivity index (χ1) is 4.83. The summed E-state index contributed by atoms with van der Waals surface area (Å²) in [5.74, 6) is 2.18. The lowest BCUT2D eigenvalue weighted by molar-refractivity contribution is -0.134. The number of thioether (sulfide) groups is 1. The predicted octanol–water partition coefficient (Wildman–Crippen LogP) is 0.977. The molecular weight excluding hydrogens is 146 g/mol. The van der Waals surface area contributed by atoms with Crippen molar-refractivity contribution in [3.05, 3.63) is 0 Å². The van der Waals surface area contributed by atoms with Gasteiger partial charge in [0.2, 0.25) is 5.91 Å². The molecule has 0 unspecified atom stereocenters. The average Bonchev–Trinajstić information content (AvgIpc) is 1.85. The van der Waals surface area contributed by atoms with Crippen LogP contribution in [-0.4, -0.2) is 17.5 Å². The molecule has 2 fully saturated rings. The van der Waals surface area contributed by atoms with Gasteiger partial charge in [0.1, 0.15) is 0 Å². The van der Waals surface area contributed by atoms with Gasteiger partial charge < -0.3 is 5.32 Å². The van der Waals surface area contributed by atoms with E-state index in [4.69, 9.17) is 0 Å². The van der Waals surface area contributed by atoms with E-state index in [2.05, 4.69) is 5.32 Å². The minimum atomic E-state index is 0.0723. The zero-order valence-electron chi connectivity index (χ0n) is 5.85. The van der Waals surface area contributed by atoms with Crippen molar-refractivity contribution in [3.63, 3.8) is 0 Å². The fraction of sp³-hybridized carbons (Fsp3) is 0.857. The van der Waals surface area contributed by atoms with Gasteiger partial charge in [0.15, 0.2) is 0 Å². The number of hydrogen-bond acceptors (Lipinski definition) is 2. The Labute approximate surface area is 64.8 Å². The van der Waals surface area contributed by atoms with Crippen LogP contribution in [0.3, 0.4) is 0 Å². The van der Waals surface area contributed by atoms with E-state index in [-0.39, 0.29) is 5.41 Å². The van der Waals surface area contributed by atoms with Crippen LogP contribution < -0.4 is 5.32 Å². The van der Waals surface area contributed by atoms with E-state index in [1.54, 1.807) is 0 Å². The van der Waals surface area contributed by atoms with Crippen molar-refractivity contribution < 1.29 is 4.79 Å². The summed E-state index contributed by atoms with van der Waals surface area (Å²) in [5.41, 5.74) is 0.0723. The summed E-state index contributed by atoms with van der Waals surface area (Å²) in [5, 5.41) is 2.90. The minimum absolute atomic E-state index is 0.0723. The highest BCUT2D eigenvalue weighted by molar-refractivity contribution is 7.99. The first-order valence-corrected chi connectivity index (χ1v) is 4.85. The molecule has 0 aromatic heterocycles. The average molecular weight is 157 g/mol. The Bertz CT molecular complexity index is 165. The van der Waals surface area contributed by atoms with Crippen LogP contribution in [0.5, 0.6) is 0 Å². The van der Waals surface area contributed by atoms with Crippen LogP contribution in [0.1, 0.15) is 19.3 Å². The normalized spacial score (nSPS) is 29.4. The van der Waals surface area contributed by atoms with Gasteiger partial charge in [0, 0.05) is 5.75 Å². The molecule has 56 valence electrons. The lowest BCUT2D eigenvalue weighted by atomic mass is 9.69. The topological polar surface area (TPSA) is 29.1 Å². The molecule has 2 rings (SSSR count). The van der Waals surface area contributed by atoms with Gasteiger partial charge in [-0.2, -0.15) is 0 Å². The number of carbonyl (C=O) groups excluding carboxylic acids is 1. The molecule has 2 aliphatic rings. The predicted molar refractivity (Wildman–Crippen MR) is 41.8 cm³/mol. The first-order valence-electron chi connectivity index (χ1n) is 3.70. The van der Waals surface area contributed by atoms with Gasteiger partial charge >= 0.3 is 0 Å². The fourth-order valence-corrected chi connectivity index (χ4v) is 2.74. The summed E-state index contributed by atoms with van der Waals surface area (Å²) < 4.78 is 0. The van der Waals surface area contributed by atoms with Crippen LogP contribution in [0, 0.1) is 5.41 Å². The zero-order valence-corrected chi connectivity index (χ0v) is 6.67. The first kappa shape index (κ1) is 6.53. The van der Waals surface area contributed by atoms with Crippen LogP contribution in [0.2, 0.25) is 0 Å². The van der Waals surface area contributed by atoms with Crippen molar-refractivity contribution in [2.75, 3.05) is 11.6 Å². The molecule has 0 radical (unpaired) electrons. The fourth-order valence-electron chi connectivity index (χ4n) is 1.59. The maximum atomic E-state index is 11.3. The molecule has 1 saturated heterocycles. The smallest absolute Gasteiger partial charge is 0.227 e. The van der Waals surface area contributed by atoms with E-state index >= 15 is 0 Å². The van der Waals surface area contributed by atoms with Crippen LogP contribution in [-0.2, 0) is 4.79 Å². The van der Waals surface area contributed by atoms with Gasteiger partial charge in [-0.1, -0.05) is 6.42 Å². The highest BCUT2D eigenvalue weighted by Gasteiger charge is 2.45. The van der Waals surface area contributed by atoms with Crippen LogP contribution in [0.15, 0.2) is 0 Å². The molecule has 0 bridgehead atoms. The van der Waals surface area contributed by atoms with E-state index in [1.807, 2.05) is 11.8 Å². The highest BCUT2D eigenvalue weighted by Crippen LogP contribution is 2.45. The summed E-state index contributed by atoms with van der Waals surface area (Å²) in [7, 11) is 0. The Morgan fingerprint density at radius 3 is 2.70 bits per heavy atom. The molecule has 1 saturated carbocycles. The Morgan fingerprint density at radius 1 is 1.50 bits per heavy atom. The van der Waals surface area contributed by atoms with Crippen molar-refractivity contribution in [3.8, 4) is 0 Å². The lowest BCUT2D eigenvalue weighted by Gasteiger charge is -2.42. The number of nitrogens with one attached hydrogen (secondary N) is 1. The summed E-state index contributed by atoms with van der Waals surface area (Å²) in [6.45, 7) is 0. The molecule has 1 heterocycles. The summed E-state index contributed by atoms with van der Waals surface area (Å²) >= 11 is 1.85. The van der Waals surface area contributed by atoms with Crippen molar-refractivity contribution in [1.82, 2.24) is 5.32 Å². The Balaban J connectivity index is 2.10. The van der Waals surface area contributed by atoms with Crippen molar-refractivity contribution >= 4 is 17.7 Å². The molecule has 0 aromatic rings.